The van der Waals surface area contributed by atoms with E-state index >= 15 is 0 Å². The normalized spacial score (nSPS) is 19.8. The number of hydrogen-bond donors (Lipinski definition) is 3. The first kappa shape index (κ1) is 35.5. The molecule has 0 unspecified atom stereocenters. The maximum atomic E-state index is 12.3. The van der Waals surface area contributed by atoms with Crippen molar-refractivity contribution >= 4 is 11.9 Å². The van der Waals surface area contributed by atoms with Crippen molar-refractivity contribution in [3.05, 3.63) is 108 Å². The van der Waals surface area contributed by atoms with Crippen molar-refractivity contribution in [2.24, 2.45) is 0 Å². The van der Waals surface area contributed by atoms with Crippen LogP contribution >= 0.6 is 0 Å². The molecule has 48 heavy (non-hydrogen) atoms. The lowest BCUT2D eigenvalue weighted by Gasteiger charge is -2.39. The molecule has 1 aliphatic carbocycles. The van der Waals surface area contributed by atoms with Crippen LogP contribution in [0.2, 0.25) is 0 Å². The van der Waals surface area contributed by atoms with E-state index in [1.54, 1.807) is 0 Å². The van der Waals surface area contributed by atoms with Gasteiger partial charge in [0.1, 0.15) is 0 Å². The van der Waals surface area contributed by atoms with Crippen LogP contribution < -0.4 is 5.32 Å². The number of hydrogen-bond acceptors (Lipinski definition) is 6. The summed E-state index contributed by atoms with van der Waals surface area (Å²) in [6, 6.07) is 25.1. The van der Waals surface area contributed by atoms with Gasteiger partial charge < -0.3 is 25.0 Å². The van der Waals surface area contributed by atoms with Crippen LogP contribution in [0.25, 0.3) is 11.1 Å². The SMILES string of the molecule is C=CCN(C[C@@H]1C[C@H](c2ccc(CO)cc2)O[C@H](c2ccc(-c3cccc(CNC(=O)CCCCCC(=O)O)c3)cc2)O1)C1CCCC1. The molecule has 2 aliphatic rings. The Kier molecular flexibility index (Phi) is 13.4. The number of aliphatic hydroxyl groups is 1. The number of aliphatic hydroxyl groups excluding tert-OH is 1. The monoisotopic (exact) mass is 654 g/mol. The predicted molar refractivity (Wildman–Crippen MR) is 187 cm³/mol. The molecule has 1 saturated heterocycles. The number of unbranched alkanes of at least 4 members (excludes halogenated alkanes) is 2. The molecule has 3 aromatic carbocycles. The quantitative estimate of drug-likeness (QED) is 0.102. The summed E-state index contributed by atoms with van der Waals surface area (Å²) in [6.07, 6.45) is 9.63. The lowest BCUT2D eigenvalue weighted by atomic mass is 9.98. The van der Waals surface area contributed by atoms with Crippen LogP contribution in [0.3, 0.4) is 0 Å². The largest absolute Gasteiger partial charge is 0.481 e. The summed E-state index contributed by atoms with van der Waals surface area (Å²) in [5.74, 6) is -0.821. The Hall–Kier alpha value is -3.82. The van der Waals surface area contributed by atoms with E-state index in [2.05, 4.69) is 65.3 Å². The Morgan fingerprint density at radius 3 is 2.31 bits per heavy atom. The number of rotatable bonds is 17. The molecule has 0 bridgehead atoms. The second-order valence-electron chi connectivity index (χ2n) is 13.1. The van der Waals surface area contributed by atoms with Gasteiger partial charge in [-0.1, -0.05) is 92.1 Å². The minimum Gasteiger partial charge on any atom is -0.481 e. The molecule has 0 aromatic heterocycles. The zero-order chi connectivity index (χ0) is 33.7. The Bertz CT molecular complexity index is 1470. The number of benzene rings is 3. The van der Waals surface area contributed by atoms with Crippen molar-refractivity contribution < 1.29 is 29.3 Å². The third-order valence-electron chi connectivity index (χ3n) is 9.49. The maximum Gasteiger partial charge on any atom is 0.303 e. The van der Waals surface area contributed by atoms with Gasteiger partial charge in [-0.15, -0.1) is 6.58 Å². The third kappa shape index (κ3) is 10.3. The summed E-state index contributed by atoms with van der Waals surface area (Å²) in [5, 5.41) is 21.3. The fourth-order valence-electron chi connectivity index (χ4n) is 6.82. The summed E-state index contributed by atoms with van der Waals surface area (Å²) in [5.41, 5.74) is 6.06. The van der Waals surface area contributed by atoms with Crippen molar-refractivity contribution in [1.29, 1.82) is 0 Å². The van der Waals surface area contributed by atoms with Crippen LogP contribution in [0.15, 0.2) is 85.5 Å². The molecule has 1 saturated carbocycles. The molecule has 3 N–H and O–H groups in total. The first-order valence-electron chi connectivity index (χ1n) is 17.4. The molecule has 0 spiro atoms. The Balaban J connectivity index is 1.24. The average molecular weight is 655 g/mol. The van der Waals surface area contributed by atoms with Gasteiger partial charge in [-0.2, -0.15) is 0 Å². The Morgan fingerprint density at radius 1 is 0.875 bits per heavy atom. The molecule has 1 heterocycles. The van der Waals surface area contributed by atoms with Crippen LogP contribution in [0.5, 0.6) is 0 Å². The van der Waals surface area contributed by atoms with E-state index in [-0.39, 0.29) is 31.1 Å². The van der Waals surface area contributed by atoms with E-state index in [0.29, 0.717) is 31.8 Å². The third-order valence-corrected chi connectivity index (χ3v) is 9.49. The number of carboxylic acid groups (broad SMARTS) is 1. The number of ether oxygens (including phenoxy) is 2. The summed E-state index contributed by atoms with van der Waals surface area (Å²) in [4.78, 5) is 25.5. The van der Waals surface area contributed by atoms with E-state index in [0.717, 1.165) is 59.3 Å². The number of carbonyl (C=O) groups excluding carboxylic acids is 1. The van der Waals surface area contributed by atoms with Gasteiger partial charge >= 0.3 is 5.97 Å². The van der Waals surface area contributed by atoms with Gasteiger partial charge in [0, 0.05) is 50.5 Å². The highest BCUT2D eigenvalue weighted by atomic mass is 16.7. The predicted octanol–water partition coefficient (Wildman–Crippen LogP) is 7.47. The van der Waals surface area contributed by atoms with Crippen LogP contribution in [-0.2, 0) is 32.2 Å². The van der Waals surface area contributed by atoms with E-state index in [9.17, 15) is 14.7 Å². The lowest BCUT2D eigenvalue weighted by Crippen LogP contribution is -2.43. The molecule has 256 valence electrons. The zero-order valence-electron chi connectivity index (χ0n) is 27.9. The van der Waals surface area contributed by atoms with Crippen molar-refractivity contribution in [3.8, 4) is 11.1 Å². The second-order valence-corrected chi connectivity index (χ2v) is 13.1. The van der Waals surface area contributed by atoms with E-state index < -0.39 is 12.3 Å². The molecular formula is C40H50N2O6. The molecule has 3 atom stereocenters. The fraction of sp³-hybridized carbons (Fsp3) is 0.450. The van der Waals surface area contributed by atoms with Crippen molar-refractivity contribution in [1.82, 2.24) is 10.2 Å². The standard InChI is InChI=1S/C40H50N2O6/c1-2-23-42(35-11-6-7-12-35)27-36-25-37(32-17-15-29(28-43)16-18-32)48-40(47-36)33-21-19-31(20-22-33)34-10-8-9-30(24-34)26-41-38(44)13-4-3-5-14-39(45)46/h2,8-10,15-22,24,35-37,40,43H,1,3-7,11-14,23,25-28H2,(H,41,44)(H,45,46)/t36-,37+,40+/m0/s1. The van der Waals surface area contributed by atoms with Gasteiger partial charge in [0.05, 0.1) is 18.8 Å². The highest BCUT2D eigenvalue weighted by Crippen LogP contribution is 2.39. The number of aliphatic carboxylic acids is 1. The first-order valence-corrected chi connectivity index (χ1v) is 17.4. The fourth-order valence-corrected chi connectivity index (χ4v) is 6.82. The Morgan fingerprint density at radius 2 is 1.60 bits per heavy atom. The molecule has 1 aliphatic heterocycles. The van der Waals surface area contributed by atoms with Crippen LogP contribution in [-0.4, -0.2) is 52.2 Å². The van der Waals surface area contributed by atoms with Crippen LogP contribution in [0.1, 0.15) is 98.9 Å². The molecule has 8 nitrogen and oxygen atoms in total. The smallest absolute Gasteiger partial charge is 0.303 e. The van der Waals surface area contributed by atoms with Crippen molar-refractivity contribution in [3.63, 3.8) is 0 Å². The van der Waals surface area contributed by atoms with Crippen LogP contribution in [0.4, 0.5) is 0 Å². The summed E-state index contributed by atoms with van der Waals surface area (Å²) in [7, 11) is 0. The highest BCUT2D eigenvalue weighted by Gasteiger charge is 2.34. The van der Waals surface area contributed by atoms with Crippen molar-refractivity contribution in [2.75, 3.05) is 13.1 Å². The van der Waals surface area contributed by atoms with Gasteiger partial charge in [-0.3, -0.25) is 14.5 Å². The van der Waals surface area contributed by atoms with Crippen LogP contribution in [0, 0.1) is 0 Å². The van der Waals surface area contributed by atoms with Gasteiger partial charge in [0.25, 0.3) is 0 Å². The molecular weight excluding hydrogens is 604 g/mol. The molecule has 1 amide bonds. The minimum atomic E-state index is -0.797. The summed E-state index contributed by atoms with van der Waals surface area (Å²) in [6.45, 7) is 6.15. The highest BCUT2D eigenvalue weighted by molar-refractivity contribution is 5.76. The number of carbonyl (C=O) groups is 2. The number of nitrogens with one attached hydrogen (secondary N) is 1. The Labute approximate surface area is 284 Å². The molecule has 8 heteroatoms. The number of carboxylic acids is 1. The van der Waals surface area contributed by atoms with Crippen molar-refractivity contribution in [2.45, 2.75) is 102 Å². The minimum absolute atomic E-state index is 0.0110. The van der Waals surface area contributed by atoms with Gasteiger partial charge in [-0.25, -0.2) is 0 Å². The number of amides is 1. The average Bonchev–Trinajstić information content (AvgIpc) is 3.66. The molecule has 3 aromatic rings. The van der Waals surface area contributed by atoms with Gasteiger partial charge in [0.2, 0.25) is 5.91 Å². The summed E-state index contributed by atoms with van der Waals surface area (Å²) < 4.78 is 13.3. The molecule has 2 fully saturated rings. The molecule has 5 rings (SSSR count). The van der Waals surface area contributed by atoms with E-state index in [4.69, 9.17) is 14.6 Å². The topological polar surface area (TPSA) is 108 Å². The zero-order valence-corrected chi connectivity index (χ0v) is 27.9. The molecule has 0 radical (unpaired) electrons. The first-order chi connectivity index (χ1) is 23.4. The van der Waals surface area contributed by atoms with Gasteiger partial charge in [-0.05, 0) is 59.6 Å². The lowest BCUT2D eigenvalue weighted by molar-refractivity contribution is -0.253. The maximum absolute atomic E-state index is 12.3. The number of nitrogens with zero attached hydrogens (tertiary/aromatic N) is 1. The summed E-state index contributed by atoms with van der Waals surface area (Å²) >= 11 is 0. The van der Waals surface area contributed by atoms with Gasteiger partial charge in [0.15, 0.2) is 6.29 Å². The second kappa shape index (κ2) is 18.1. The van der Waals surface area contributed by atoms with E-state index in [1.807, 2.05) is 30.3 Å². The van der Waals surface area contributed by atoms with E-state index in [1.165, 1.54) is 25.7 Å².